The Bertz CT molecular complexity index is 304. The fourth-order valence-electron chi connectivity index (χ4n) is 1.23. The molecule has 1 aliphatic heterocycles. The number of hydrogen-bond acceptors (Lipinski definition) is 6. The average molecular weight is 260 g/mol. The molecule has 1 rings (SSSR count). The molecule has 17 heavy (non-hydrogen) atoms. The molecule has 1 heterocycles. The van der Waals surface area contributed by atoms with Gasteiger partial charge in [-0.15, -0.1) is 0 Å². The number of thioether (sulfide) groups is 1. The van der Waals surface area contributed by atoms with Gasteiger partial charge in [-0.05, 0) is 13.8 Å². The number of carbonyl (C=O) groups excluding carboxylic acids is 2. The molecule has 3 unspecified atom stereocenters. The Morgan fingerprint density at radius 3 is 2.82 bits per heavy atom. The zero-order valence-electron chi connectivity index (χ0n) is 9.88. The summed E-state index contributed by atoms with van der Waals surface area (Å²) in [5.74, 6) is 0.217. The summed E-state index contributed by atoms with van der Waals surface area (Å²) in [6.45, 7) is 6.60. The van der Waals surface area contributed by atoms with Crippen molar-refractivity contribution in [2.45, 2.75) is 32.3 Å². The molecular formula is C11H16O5S. The van der Waals surface area contributed by atoms with E-state index in [1.807, 2.05) is 6.92 Å². The lowest BCUT2D eigenvalue weighted by Gasteiger charge is -2.27. The molecule has 1 aliphatic rings. The smallest absolute Gasteiger partial charge is 0.349 e. The Labute approximate surface area is 104 Å². The molecule has 1 saturated heterocycles. The van der Waals surface area contributed by atoms with Crippen molar-refractivity contribution >= 4 is 23.7 Å². The van der Waals surface area contributed by atoms with E-state index in [1.54, 1.807) is 11.8 Å². The predicted molar refractivity (Wildman–Crippen MR) is 63.5 cm³/mol. The van der Waals surface area contributed by atoms with Crippen LogP contribution >= 0.6 is 11.8 Å². The molecule has 6 heteroatoms. The predicted octanol–water partition coefficient (Wildman–Crippen LogP) is 1.13. The Kier molecular flexibility index (Phi) is 5.50. The summed E-state index contributed by atoms with van der Waals surface area (Å²) < 4.78 is 15.2. The van der Waals surface area contributed by atoms with Gasteiger partial charge < -0.3 is 14.2 Å². The van der Waals surface area contributed by atoms with Crippen molar-refractivity contribution in [2.75, 3.05) is 11.5 Å². The van der Waals surface area contributed by atoms with E-state index in [0.717, 1.165) is 11.8 Å². The molecule has 0 N–H and O–H groups in total. The second-order valence-electron chi connectivity index (χ2n) is 3.63. The lowest BCUT2D eigenvalue weighted by atomic mass is 10.4. The van der Waals surface area contributed by atoms with Crippen molar-refractivity contribution in [3.05, 3.63) is 12.7 Å². The third-order valence-corrected chi connectivity index (χ3v) is 3.24. The number of rotatable bonds is 4. The minimum Gasteiger partial charge on any atom is -0.447 e. The summed E-state index contributed by atoms with van der Waals surface area (Å²) in [6, 6.07) is 0. The minimum absolute atomic E-state index is 0.0533. The van der Waals surface area contributed by atoms with E-state index in [2.05, 4.69) is 6.58 Å². The maximum atomic E-state index is 11.5. The second kappa shape index (κ2) is 6.66. The van der Waals surface area contributed by atoms with Crippen LogP contribution < -0.4 is 0 Å². The SMILES string of the molecule is C=CC(=O)OC(C)C(=O)OC1CSCC(C)O1. The van der Waals surface area contributed by atoms with Gasteiger partial charge in [0.25, 0.3) is 0 Å². The second-order valence-corrected chi connectivity index (χ2v) is 4.71. The Balaban J connectivity index is 2.37. The largest absolute Gasteiger partial charge is 0.447 e. The van der Waals surface area contributed by atoms with Crippen LogP contribution in [0.3, 0.4) is 0 Å². The first-order chi connectivity index (χ1) is 8.02. The quantitative estimate of drug-likeness (QED) is 0.557. The highest BCUT2D eigenvalue weighted by Crippen LogP contribution is 2.19. The molecule has 1 fully saturated rings. The third kappa shape index (κ3) is 4.79. The van der Waals surface area contributed by atoms with E-state index in [4.69, 9.17) is 14.2 Å². The minimum atomic E-state index is -0.952. The van der Waals surface area contributed by atoms with Gasteiger partial charge in [0.2, 0.25) is 6.29 Å². The van der Waals surface area contributed by atoms with Gasteiger partial charge in [-0.25, -0.2) is 9.59 Å². The molecule has 0 amide bonds. The van der Waals surface area contributed by atoms with Crippen LogP contribution in [0.2, 0.25) is 0 Å². The topological polar surface area (TPSA) is 61.8 Å². The van der Waals surface area contributed by atoms with Crippen LogP contribution in [0.15, 0.2) is 12.7 Å². The molecule has 0 aromatic heterocycles. The van der Waals surface area contributed by atoms with E-state index in [0.29, 0.717) is 5.75 Å². The highest BCUT2D eigenvalue weighted by molar-refractivity contribution is 7.99. The van der Waals surface area contributed by atoms with E-state index >= 15 is 0 Å². The Hall–Kier alpha value is -1.01. The van der Waals surface area contributed by atoms with Crippen LogP contribution in [0, 0.1) is 0 Å². The molecule has 0 saturated carbocycles. The highest BCUT2D eigenvalue weighted by atomic mass is 32.2. The van der Waals surface area contributed by atoms with E-state index in [1.165, 1.54) is 6.92 Å². The molecule has 0 aromatic carbocycles. The zero-order valence-corrected chi connectivity index (χ0v) is 10.7. The van der Waals surface area contributed by atoms with Gasteiger partial charge in [0.1, 0.15) is 0 Å². The van der Waals surface area contributed by atoms with Crippen LogP contribution in [0.1, 0.15) is 13.8 Å². The first kappa shape index (κ1) is 14.1. The summed E-state index contributed by atoms with van der Waals surface area (Å²) in [4.78, 5) is 22.4. The molecule has 0 aliphatic carbocycles. The maximum Gasteiger partial charge on any atom is 0.349 e. The van der Waals surface area contributed by atoms with Crippen LogP contribution in [0.4, 0.5) is 0 Å². The Morgan fingerprint density at radius 1 is 1.53 bits per heavy atom. The summed E-state index contributed by atoms with van der Waals surface area (Å²) in [7, 11) is 0. The van der Waals surface area contributed by atoms with Gasteiger partial charge >= 0.3 is 11.9 Å². The maximum absolute atomic E-state index is 11.5. The van der Waals surface area contributed by atoms with Crippen LogP contribution in [0.25, 0.3) is 0 Å². The van der Waals surface area contributed by atoms with Crippen molar-refractivity contribution in [3.8, 4) is 0 Å². The lowest BCUT2D eigenvalue weighted by molar-refractivity contribution is -0.193. The van der Waals surface area contributed by atoms with E-state index in [9.17, 15) is 9.59 Å². The lowest BCUT2D eigenvalue weighted by Crippen LogP contribution is -2.36. The summed E-state index contributed by atoms with van der Waals surface area (Å²) in [6.07, 6.45) is -0.469. The molecule has 0 bridgehead atoms. The summed E-state index contributed by atoms with van der Waals surface area (Å²) >= 11 is 1.66. The zero-order chi connectivity index (χ0) is 12.8. The van der Waals surface area contributed by atoms with Crippen LogP contribution in [0.5, 0.6) is 0 Å². The number of ether oxygens (including phenoxy) is 3. The molecule has 3 atom stereocenters. The van der Waals surface area contributed by atoms with Gasteiger partial charge in [0.05, 0.1) is 11.9 Å². The van der Waals surface area contributed by atoms with Gasteiger partial charge in [-0.2, -0.15) is 11.8 Å². The van der Waals surface area contributed by atoms with Crippen molar-refractivity contribution in [3.63, 3.8) is 0 Å². The molecular weight excluding hydrogens is 244 g/mol. The first-order valence-corrected chi connectivity index (χ1v) is 6.45. The normalized spacial score (nSPS) is 25.8. The fraction of sp³-hybridized carbons (Fsp3) is 0.636. The Morgan fingerprint density at radius 2 is 2.24 bits per heavy atom. The molecule has 0 spiro atoms. The van der Waals surface area contributed by atoms with Gasteiger partial charge in [-0.3, -0.25) is 0 Å². The van der Waals surface area contributed by atoms with Crippen LogP contribution in [-0.2, 0) is 23.8 Å². The molecule has 96 valence electrons. The van der Waals surface area contributed by atoms with Crippen molar-refractivity contribution in [2.24, 2.45) is 0 Å². The standard InChI is InChI=1S/C11H16O5S/c1-4-9(12)15-8(3)11(13)16-10-6-17-5-7(2)14-10/h4,7-8,10H,1,5-6H2,2-3H3. The van der Waals surface area contributed by atoms with E-state index < -0.39 is 24.3 Å². The third-order valence-electron chi connectivity index (χ3n) is 2.03. The number of carbonyl (C=O) groups is 2. The average Bonchev–Trinajstić information content (AvgIpc) is 2.28. The first-order valence-electron chi connectivity index (χ1n) is 5.29. The van der Waals surface area contributed by atoms with Crippen molar-refractivity contribution < 1.29 is 23.8 Å². The van der Waals surface area contributed by atoms with Crippen molar-refractivity contribution in [1.82, 2.24) is 0 Å². The monoisotopic (exact) mass is 260 g/mol. The number of hydrogen-bond donors (Lipinski definition) is 0. The van der Waals surface area contributed by atoms with Gasteiger partial charge in [-0.1, -0.05) is 6.58 Å². The molecule has 5 nitrogen and oxygen atoms in total. The van der Waals surface area contributed by atoms with Crippen molar-refractivity contribution in [1.29, 1.82) is 0 Å². The van der Waals surface area contributed by atoms with Gasteiger partial charge in [0, 0.05) is 11.8 Å². The summed E-state index contributed by atoms with van der Waals surface area (Å²) in [5.41, 5.74) is 0. The number of esters is 2. The van der Waals surface area contributed by atoms with Crippen LogP contribution in [-0.4, -0.2) is 41.9 Å². The molecule has 0 radical (unpaired) electrons. The highest BCUT2D eigenvalue weighted by Gasteiger charge is 2.26. The summed E-state index contributed by atoms with van der Waals surface area (Å²) in [5, 5.41) is 0. The fourth-order valence-corrected chi connectivity index (χ4v) is 2.11. The van der Waals surface area contributed by atoms with E-state index in [-0.39, 0.29) is 6.10 Å². The molecule has 0 aromatic rings. The van der Waals surface area contributed by atoms with Gasteiger partial charge in [0.15, 0.2) is 6.10 Å².